The summed E-state index contributed by atoms with van der Waals surface area (Å²) < 4.78 is 3.20. The first-order valence-electron chi connectivity index (χ1n) is 12.1. The third-order valence-corrected chi connectivity index (χ3v) is 7.01. The lowest BCUT2D eigenvalue weighted by atomic mass is 10.0. The van der Waals surface area contributed by atoms with Gasteiger partial charge in [0.25, 0.3) is 11.5 Å². The number of carbonyl (C=O) groups is 1. The molecular weight excluding hydrogens is 510 g/mol. The summed E-state index contributed by atoms with van der Waals surface area (Å²) in [6, 6.07) is 18.0. The Morgan fingerprint density at radius 1 is 1.10 bits per heavy atom. The van der Waals surface area contributed by atoms with Crippen LogP contribution in [0.25, 0.3) is 22.1 Å². The molecule has 4 aromatic heterocycles. The number of rotatable bonds is 4. The molecule has 0 aliphatic heterocycles. The number of pyridine rings is 1. The summed E-state index contributed by atoms with van der Waals surface area (Å²) in [7, 11) is 0. The highest BCUT2D eigenvalue weighted by molar-refractivity contribution is 7.10. The van der Waals surface area contributed by atoms with Gasteiger partial charge in [-0.1, -0.05) is 36.3 Å². The van der Waals surface area contributed by atoms with Gasteiger partial charge in [0.1, 0.15) is 12.4 Å². The summed E-state index contributed by atoms with van der Waals surface area (Å²) in [6.07, 6.45) is 5.01. The predicted octanol–water partition coefficient (Wildman–Crippen LogP) is 3.38. The van der Waals surface area contributed by atoms with Gasteiger partial charge in [0.15, 0.2) is 16.4 Å². The van der Waals surface area contributed by atoms with Crippen molar-refractivity contribution in [3.8, 4) is 17.5 Å². The Kier molecular flexibility index (Phi) is 6.11. The van der Waals surface area contributed by atoms with Crippen LogP contribution in [0, 0.1) is 11.8 Å². The van der Waals surface area contributed by atoms with Crippen molar-refractivity contribution in [1.29, 1.82) is 0 Å². The lowest BCUT2D eigenvalue weighted by Gasteiger charge is -2.21. The van der Waals surface area contributed by atoms with Crippen LogP contribution in [0.4, 0.5) is 5.82 Å². The zero-order chi connectivity index (χ0) is 26.9. The molecule has 0 fully saturated rings. The van der Waals surface area contributed by atoms with E-state index >= 15 is 0 Å². The van der Waals surface area contributed by atoms with Gasteiger partial charge in [-0.05, 0) is 47.5 Å². The number of aromatic nitrogens is 5. The minimum Gasteiger partial charge on any atom is -0.382 e. The maximum atomic E-state index is 14.1. The topological polar surface area (TPSA) is 123 Å². The van der Waals surface area contributed by atoms with Gasteiger partial charge >= 0.3 is 5.65 Å². The second kappa shape index (κ2) is 9.89. The number of nitrogen functional groups attached to an aromatic ring is 1. The number of aromatic amines is 1. The minimum atomic E-state index is -0.557. The third kappa shape index (κ3) is 4.41. The average molecular weight is 533 g/mol. The molecule has 1 amide bonds. The molecular formula is C29H22N7O2S+. The van der Waals surface area contributed by atoms with E-state index in [1.165, 1.54) is 11.3 Å². The molecule has 2 aromatic carbocycles. The van der Waals surface area contributed by atoms with E-state index in [1.807, 2.05) is 66.9 Å². The molecule has 1 atom stereocenters. The molecule has 1 unspecified atom stereocenters. The molecule has 6 rings (SSSR count). The number of hydrogen-bond acceptors (Lipinski definition) is 6. The molecule has 0 saturated carbocycles. The van der Waals surface area contributed by atoms with Crippen LogP contribution in [0.5, 0.6) is 0 Å². The van der Waals surface area contributed by atoms with Crippen molar-refractivity contribution in [3.63, 3.8) is 0 Å². The SMILES string of the molecule is CC(NC(=O)c1c(N)[nH][n+]2cccnc12)c1cc2cccc(C#Cc3nccs3)c2c(=O)n1-c1ccccc1. The number of nitrogens with two attached hydrogens (primary N) is 1. The van der Waals surface area contributed by atoms with Crippen molar-refractivity contribution in [2.45, 2.75) is 13.0 Å². The highest BCUT2D eigenvalue weighted by Crippen LogP contribution is 2.24. The zero-order valence-electron chi connectivity index (χ0n) is 20.8. The van der Waals surface area contributed by atoms with Crippen LogP contribution >= 0.6 is 11.3 Å². The molecule has 0 radical (unpaired) electrons. The van der Waals surface area contributed by atoms with E-state index in [4.69, 9.17) is 5.73 Å². The summed E-state index contributed by atoms with van der Waals surface area (Å²) in [5.74, 6) is 5.95. The maximum absolute atomic E-state index is 14.1. The van der Waals surface area contributed by atoms with Crippen molar-refractivity contribution < 1.29 is 9.31 Å². The molecule has 6 aromatic rings. The molecule has 0 bridgehead atoms. The largest absolute Gasteiger partial charge is 0.382 e. The number of thiazole rings is 1. The van der Waals surface area contributed by atoms with Gasteiger partial charge < -0.3 is 11.1 Å². The van der Waals surface area contributed by atoms with Crippen LogP contribution in [0.1, 0.15) is 39.6 Å². The highest BCUT2D eigenvalue weighted by atomic mass is 32.1. The number of fused-ring (bicyclic) bond motifs is 2. The maximum Gasteiger partial charge on any atom is 0.362 e. The van der Waals surface area contributed by atoms with Gasteiger partial charge in [-0.15, -0.1) is 15.9 Å². The Hall–Kier alpha value is -5.27. The van der Waals surface area contributed by atoms with Crippen molar-refractivity contribution in [2.24, 2.45) is 0 Å². The molecule has 10 heteroatoms. The van der Waals surface area contributed by atoms with Crippen molar-refractivity contribution >= 4 is 39.5 Å². The van der Waals surface area contributed by atoms with E-state index in [1.54, 1.807) is 33.7 Å². The van der Waals surface area contributed by atoms with Crippen LogP contribution in [-0.2, 0) is 0 Å². The van der Waals surface area contributed by atoms with Crippen LogP contribution in [0.15, 0.2) is 89.4 Å². The first-order valence-corrected chi connectivity index (χ1v) is 13.0. The predicted molar refractivity (Wildman–Crippen MR) is 150 cm³/mol. The van der Waals surface area contributed by atoms with Gasteiger partial charge in [-0.3, -0.25) is 14.2 Å². The smallest absolute Gasteiger partial charge is 0.362 e. The van der Waals surface area contributed by atoms with Crippen molar-refractivity contribution in [2.75, 3.05) is 5.73 Å². The fourth-order valence-corrected chi connectivity index (χ4v) is 5.06. The first kappa shape index (κ1) is 24.1. The first-order chi connectivity index (χ1) is 19.0. The molecule has 0 saturated heterocycles. The summed E-state index contributed by atoms with van der Waals surface area (Å²) in [5, 5.41) is 9.67. The summed E-state index contributed by atoms with van der Waals surface area (Å²) in [4.78, 5) is 36.0. The molecule has 0 aliphatic carbocycles. The highest BCUT2D eigenvalue weighted by Gasteiger charge is 2.27. The lowest BCUT2D eigenvalue weighted by molar-refractivity contribution is -0.577. The normalized spacial score (nSPS) is 11.7. The number of hydrogen-bond donors (Lipinski definition) is 3. The van der Waals surface area contributed by atoms with Gasteiger partial charge in [-0.2, -0.15) is 0 Å². The number of H-pyrrole nitrogens is 1. The second-order valence-corrected chi connectivity index (χ2v) is 9.71. The van der Waals surface area contributed by atoms with Gasteiger partial charge in [0.2, 0.25) is 0 Å². The fourth-order valence-electron chi connectivity index (χ4n) is 4.57. The molecule has 190 valence electrons. The molecule has 0 spiro atoms. The standard InChI is InChI=1S/C29H21N7O2S/c1-18(33-28(37)25-26(30)34-35-15-6-13-32-27(25)35)22-17-20-8-5-7-19(11-12-23-31-14-16-39-23)24(20)29(38)36(22)21-9-3-2-4-10-21/h2-10,13-18H,1H3,(H3,30,33,34,37)/p+1. The third-order valence-electron chi connectivity index (χ3n) is 6.32. The van der Waals surface area contributed by atoms with Crippen LogP contribution in [0.2, 0.25) is 0 Å². The number of carbonyl (C=O) groups excluding carboxylic acids is 1. The van der Waals surface area contributed by atoms with Crippen LogP contribution in [0.3, 0.4) is 0 Å². The zero-order valence-corrected chi connectivity index (χ0v) is 21.6. The van der Waals surface area contributed by atoms with Crippen LogP contribution in [-0.4, -0.2) is 25.5 Å². The average Bonchev–Trinajstić information content (AvgIpc) is 3.59. The Labute approximate surface area is 226 Å². The van der Waals surface area contributed by atoms with E-state index in [0.717, 1.165) is 5.39 Å². The van der Waals surface area contributed by atoms with Gasteiger partial charge in [0, 0.05) is 34.6 Å². The number of benzene rings is 2. The fraction of sp³-hybridized carbons (Fsp3) is 0.0690. The molecule has 39 heavy (non-hydrogen) atoms. The summed E-state index contributed by atoms with van der Waals surface area (Å²) in [6.45, 7) is 1.83. The summed E-state index contributed by atoms with van der Waals surface area (Å²) in [5.41, 5.74) is 8.41. The monoisotopic (exact) mass is 532 g/mol. The van der Waals surface area contributed by atoms with Crippen molar-refractivity contribution in [3.05, 3.63) is 117 Å². The quantitative estimate of drug-likeness (QED) is 0.237. The van der Waals surface area contributed by atoms with E-state index < -0.39 is 11.9 Å². The van der Waals surface area contributed by atoms with Crippen LogP contribution < -0.4 is 21.1 Å². The molecule has 0 aliphatic rings. The number of para-hydroxylation sites is 1. The van der Waals surface area contributed by atoms with Gasteiger partial charge in [-0.25, -0.2) is 10.1 Å². The molecule has 9 nitrogen and oxygen atoms in total. The second-order valence-electron chi connectivity index (χ2n) is 8.81. The Balaban J connectivity index is 1.48. The Morgan fingerprint density at radius 3 is 2.74 bits per heavy atom. The van der Waals surface area contributed by atoms with E-state index in [-0.39, 0.29) is 16.9 Å². The Morgan fingerprint density at radius 2 is 1.95 bits per heavy atom. The lowest BCUT2D eigenvalue weighted by Crippen LogP contribution is -2.33. The van der Waals surface area contributed by atoms with Gasteiger partial charge in [0.05, 0.1) is 11.4 Å². The molecule has 4 heterocycles. The number of amides is 1. The minimum absolute atomic E-state index is 0.195. The number of nitrogens with zero attached hydrogens (tertiary/aromatic N) is 4. The van der Waals surface area contributed by atoms with E-state index in [2.05, 4.69) is 32.2 Å². The number of nitrogens with one attached hydrogen (secondary N) is 2. The Bertz CT molecular complexity index is 1970. The van der Waals surface area contributed by atoms with Crippen molar-refractivity contribution in [1.82, 2.24) is 25.0 Å². The summed E-state index contributed by atoms with van der Waals surface area (Å²) >= 11 is 1.44. The van der Waals surface area contributed by atoms with E-state index in [0.29, 0.717) is 33.0 Å². The number of anilines is 1. The van der Waals surface area contributed by atoms with E-state index in [9.17, 15) is 9.59 Å². The molecule has 4 N–H and O–H groups in total.